The molecule has 1 heterocycles. The van der Waals surface area contributed by atoms with E-state index >= 15 is 0 Å². The number of benzene rings is 1. The predicted molar refractivity (Wildman–Crippen MR) is 70.0 cm³/mol. The van der Waals surface area contributed by atoms with Gasteiger partial charge in [-0.2, -0.15) is 4.31 Å². The van der Waals surface area contributed by atoms with Crippen molar-refractivity contribution in [2.45, 2.75) is 17.4 Å². The summed E-state index contributed by atoms with van der Waals surface area (Å²) >= 11 is 5.75. The van der Waals surface area contributed by atoms with Gasteiger partial charge < -0.3 is 5.73 Å². The highest BCUT2D eigenvalue weighted by Gasteiger charge is 2.32. The quantitative estimate of drug-likeness (QED) is 0.902. The van der Waals surface area contributed by atoms with Gasteiger partial charge in [0.25, 0.3) is 0 Å². The summed E-state index contributed by atoms with van der Waals surface area (Å²) < 4.78 is 38.5. The fraction of sp³-hybridized carbons (Fsp3) is 0.400. The van der Waals surface area contributed by atoms with Gasteiger partial charge >= 0.3 is 0 Å². The van der Waals surface area contributed by atoms with Crippen molar-refractivity contribution in [1.82, 2.24) is 4.31 Å². The molecule has 0 aliphatic carbocycles. The van der Waals surface area contributed by atoms with Crippen LogP contribution in [0.3, 0.4) is 0 Å². The van der Waals surface area contributed by atoms with Gasteiger partial charge in [0.1, 0.15) is 10.7 Å². The van der Waals surface area contributed by atoms with E-state index in [9.17, 15) is 12.8 Å². The average molecular weight is 315 g/mol. The van der Waals surface area contributed by atoms with Crippen LogP contribution in [-0.2, 0) is 10.0 Å². The van der Waals surface area contributed by atoms with E-state index in [1.165, 1.54) is 10.4 Å². The molecule has 0 amide bonds. The Morgan fingerprint density at radius 1 is 1.44 bits per heavy atom. The summed E-state index contributed by atoms with van der Waals surface area (Å²) in [6.45, 7) is 0.646. The predicted octanol–water partition coefficient (Wildman–Crippen LogP) is 1.62. The molecule has 8 heteroatoms. The number of hydrogen-bond donors (Lipinski definition) is 1. The van der Waals surface area contributed by atoms with Crippen LogP contribution in [0.15, 0.2) is 23.1 Å². The topological polar surface area (TPSA) is 63.4 Å². The lowest BCUT2D eigenvalue weighted by molar-refractivity contribution is 0.472. The zero-order chi connectivity index (χ0) is 12.6. The van der Waals surface area contributed by atoms with Gasteiger partial charge in [0.15, 0.2) is 0 Å². The van der Waals surface area contributed by atoms with Gasteiger partial charge in [-0.3, -0.25) is 0 Å². The summed E-state index contributed by atoms with van der Waals surface area (Å²) in [6, 6.07) is 3.10. The molecule has 0 saturated carbocycles. The maximum atomic E-state index is 12.9. The van der Waals surface area contributed by atoms with E-state index in [0.29, 0.717) is 13.0 Å². The second-order valence-corrected chi connectivity index (χ2v) is 6.30. The van der Waals surface area contributed by atoms with Gasteiger partial charge in [-0.05, 0) is 24.6 Å². The summed E-state index contributed by atoms with van der Waals surface area (Å²) in [7, 11) is -3.66. The molecule has 1 atom stereocenters. The summed E-state index contributed by atoms with van der Waals surface area (Å²) in [5, 5.41) is -0.106. The molecule has 0 aromatic heterocycles. The highest BCUT2D eigenvalue weighted by molar-refractivity contribution is 7.89. The molecule has 102 valence electrons. The standard InChI is InChI=1S/C10H12ClFN2O2S.ClH/c11-9-5-7(12)1-2-10(9)17(15,16)14-4-3-8(13)6-14;/h1-2,5,8H,3-4,6,13H2;1H/t8-;/m1./s1. The Hall–Kier alpha value is -0.400. The van der Waals surface area contributed by atoms with Gasteiger partial charge in [0.05, 0.1) is 5.02 Å². The maximum absolute atomic E-state index is 12.9. The van der Waals surface area contributed by atoms with Crippen LogP contribution in [0.1, 0.15) is 6.42 Å². The normalized spacial score (nSPS) is 20.7. The fourth-order valence-corrected chi connectivity index (χ4v) is 3.81. The van der Waals surface area contributed by atoms with Crippen LogP contribution in [0.4, 0.5) is 4.39 Å². The zero-order valence-electron chi connectivity index (χ0n) is 9.34. The van der Waals surface area contributed by atoms with Crippen LogP contribution in [0.5, 0.6) is 0 Å². The first-order chi connectivity index (χ1) is 7.91. The third-order valence-electron chi connectivity index (χ3n) is 2.70. The highest BCUT2D eigenvalue weighted by Crippen LogP contribution is 2.27. The smallest absolute Gasteiger partial charge is 0.244 e. The second-order valence-electron chi connectivity index (χ2n) is 3.99. The van der Waals surface area contributed by atoms with Crippen molar-refractivity contribution in [3.8, 4) is 0 Å². The molecule has 0 radical (unpaired) electrons. The van der Waals surface area contributed by atoms with Gasteiger partial charge in [0.2, 0.25) is 10.0 Å². The van der Waals surface area contributed by atoms with Crippen LogP contribution in [0.2, 0.25) is 5.02 Å². The molecule has 1 aromatic rings. The van der Waals surface area contributed by atoms with Crippen LogP contribution < -0.4 is 5.73 Å². The van der Waals surface area contributed by atoms with Crippen LogP contribution in [0, 0.1) is 5.82 Å². The third kappa shape index (κ3) is 2.95. The SMILES string of the molecule is Cl.N[C@@H]1CCN(S(=O)(=O)c2ccc(F)cc2Cl)C1. The molecular weight excluding hydrogens is 302 g/mol. The Kier molecular flexibility index (Phi) is 4.97. The minimum atomic E-state index is -3.66. The number of rotatable bonds is 2. The van der Waals surface area contributed by atoms with Crippen molar-refractivity contribution < 1.29 is 12.8 Å². The molecular formula is C10H13Cl2FN2O2S. The third-order valence-corrected chi connectivity index (χ3v) is 5.05. The van der Waals surface area contributed by atoms with Crippen molar-refractivity contribution in [2.24, 2.45) is 5.73 Å². The largest absolute Gasteiger partial charge is 0.326 e. The summed E-state index contributed by atoms with van der Waals surface area (Å²) in [6.07, 6.45) is 0.623. The molecule has 0 bridgehead atoms. The molecule has 18 heavy (non-hydrogen) atoms. The highest BCUT2D eigenvalue weighted by atomic mass is 35.5. The zero-order valence-corrected chi connectivity index (χ0v) is 11.7. The number of hydrogen-bond acceptors (Lipinski definition) is 3. The number of nitrogens with two attached hydrogens (primary N) is 1. The van der Waals surface area contributed by atoms with E-state index in [-0.39, 0.29) is 34.9 Å². The first-order valence-corrected chi connectivity index (χ1v) is 6.94. The number of halogens is 3. The molecule has 1 aromatic carbocycles. The number of sulfonamides is 1. The van der Waals surface area contributed by atoms with Crippen molar-refractivity contribution >= 4 is 34.0 Å². The Morgan fingerprint density at radius 3 is 2.61 bits per heavy atom. The lowest BCUT2D eigenvalue weighted by Crippen LogP contribution is -2.32. The molecule has 1 saturated heterocycles. The van der Waals surface area contributed by atoms with E-state index in [2.05, 4.69) is 0 Å². The molecule has 1 fully saturated rings. The molecule has 0 spiro atoms. The van der Waals surface area contributed by atoms with Crippen LogP contribution >= 0.6 is 24.0 Å². The summed E-state index contributed by atoms with van der Waals surface area (Å²) in [4.78, 5) is -0.0744. The lowest BCUT2D eigenvalue weighted by atomic mass is 10.3. The Labute approximate surface area is 116 Å². The monoisotopic (exact) mass is 314 g/mol. The summed E-state index contributed by atoms with van der Waals surface area (Å²) in [5.41, 5.74) is 5.66. The molecule has 2 N–H and O–H groups in total. The van der Waals surface area contributed by atoms with Crippen molar-refractivity contribution in [3.05, 3.63) is 29.0 Å². The Balaban J connectivity index is 0.00000162. The average Bonchev–Trinajstić information content (AvgIpc) is 2.64. The van der Waals surface area contributed by atoms with Gasteiger partial charge in [-0.25, -0.2) is 12.8 Å². The maximum Gasteiger partial charge on any atom is 0.244 e. The van der Waals surface area contributed by atoms with E-state index in [4.69, 9.17) is 17.3 Å². The van der Waals surface area contributed by atoms with Crippen molar-refractivity contribution in [3.63, 3.8) is 0 Å². The van der Waals surface area contributed by atoms with Crippen LogP contribution in [0.25, 0.3) is 0 Å². The molecule has 4 nitrogen and oxygen atoms in total. The second kappa shape index (κ2) is 5.71. The van der Waals surface area contributed by atoms with Gasteiger partial charge in [-0.1, -0.05) is 11.6 Å². The minimum absolute atomic E-state index is 0. The lowest BCUT2D eigenvalue weighted by Gasteiger charge is -2.16. The summed E-state index contributed by atoms with van der Waals surface area (Å²) in [5.74, 6) is -0.563. The first-order valence-electron chi connectivity index (χ1n) is 5.12. The minimum Gasteiger partial charge on any atom is -0.326 e. The van der Waals surface area contributed by atoms with E-state index in [1.807, 2.05) is 0 Å². The first kappa shape index (κ1) is 15.7. The Morgan fingerprint density at radius 2 is 2.11 bits per heavy atom. The Bertz CT molecular complexity index is 539. The number of nitrogens with zero attached hydrogens (tertiary/aromatic N) is 1. The fourth-order valence-electron chi connectivity index (χ4n) is 1.80. The van der Waals surface area contributed by atoms with Gasteiger partial charge in [-0.15, -0.1) is 12.4 Å². The van der Waals surface area contributed by atoms with E-state index in [1.54, 1.807) is 0 Å². The van der Waals surface area contributed by atoms with Crippen LogP contribution in [-0.4, -0.2) is 31.9 Å². The van der Waals surface area contributed by atoms with E-state index in [0.717, 1.165) is 12.1 Å². The van der Waals surface area contributed by atoms with Crippen molar-refractivity contribution in [2.75, 3.05) is 13.1 Å². The molecule has 2 rings (SSSR count). The molecule has 1 aliphatic rings. The molecule has 1 aliphatic heterocycles. The van der Waals surface area contributed by atoms with Gasteiger partial charge in [0, 0.05) is 19.1 Å². The molecule has 0 unspecified atom stereocenters. The van der Waals surface area contributed by atoms with Crippen molar-refractivity contribution in [1.29, 1.82) is 0 Å². The van der Waals surface area contributed by atoms with E-state index < -0.39 is 15.8 Å².